The zero-order valence-electron chi connectivity index (χ0n) is 12.1. The summed E-state index contributed by atoms with van der Waals surface area (Å²) in [7, 11) is 0. The molecule has 0 unspecified atom stereocenters. The van der Waals surface area contributed by atoms with Crippen molar-refractivity contribution < 1.29 is 4.42 Å². The average Bonchev–Trinajstić information content (AvgIpc) is 2.97. The highest BCUT2D eigenvalue weighted by Crippen LogP contribution is 2.30. The van der Waals surface area contributed by atoms with Crippen molar-refractivity contribution in [3.63, 3.8) is 0 Å². The number of rotatable bonds is 5. The lowest BCUT2D eigenvalue weighted by Gasteiger charge is -2.24. The zero-order chi connectivity index (χ0) is 14.0. The second-order valence-corrected chi connectivity index (χ2v) is 4.95. The van der Waals surface area contributed by atoms with Crippen molar-refractivity contribution >= 4 is 11.5 Å². The molecule has 19 heavy (non-hydrogen) atoms. The molecular formula is C14H22N4O. The normalized spacial score (nSPS) is 11.2. The maximum absolute atomic E-state index is 6.19. The summed E-state index contributed by atoms with van der Waals surface area (Å²) in [5.74, 6) is 1.90. The lowest BCUT2D eigenvalue weighted by molar-refractivity contribution is 0.488. The van der Waals surface area contributed by atoms with E-state index >= 15 is 0 Å². The number of hydrogen-bond donors (Lipinski definition) is 1. The number of nitrogen functional groups attached to an aromatic ring is 1. The Balaban J connectivity index is 2.37. The summed E-state index contributed by atoms with van der Waals surface area (Å²) in [4.78, 5) is 2.19. The summed E-state index contributed by atoms with van der Waals surface area (Å²) in [5.41, 5.74) is 7.82. The third kappa shape index (κ3) is 2.59. The van der Waals surface area contributed by atoms with E-state index in [1.54, 1.807) is 6.26 Å². The molecule has 5 heteroatoms. The first-order valence-corrected chi connectivity index (χ1v) is 6.66. The van der Waals surface area contributed by atoms with Crippen LogP contribution in [-0.2, 0) is 6.54 Å². The quantitative estimate of drug-likeness (QED) is 0.900. The second kappa shape index (κ2) is 5.38. The molecule has 0 atom stereocenters. The van der Waals surface area contributed by atoms with Gasteiger partial charge < -0.3 is 15.1 Å². The van der Waals surface area contributed by atoms with E-state index in [0.29, 0.717) is 6.54 Å². The molecule has 0 aromatic carbocycles. The fourth-order valence-electron chi connectivity index (χ4n) is 2.15. The van der Waals surface area contributed by atoms with Crippen molar-refractivity contribution in [3.8, 4) is 0 Å². The van der Waals surface area contributed by atoms with Crippen molar-refractivity contribution in [2.24, 2.45) is 0 Å². The minimum absolute atomic E-state index is 0.275. The maximum atomic E-state index is 6.19. The number of nitrogens with two attached hydrogens (primary N) is 1. The minimum atomic E-state index is 0.275. The predicted octanol–water partition coefficient (Wildman–Crippen LogP) is 2.97. The smallest absolute Gasteiger partial charge is 0.151 e. The van der Waals surface area contributed by atoms with Gasteiger partial charge in [-0.15, -0.1) is 0 Å². The Kier molecular flexibility index (Phi) is 3.83. The van der Waals surface area contributed by atoms with E-state index in [1.807, 2.05) is 23.7 Å². The number of anilines is 2. The van der Waals surface area contributed by atoms with Gasteiger partial charge in [-0.1, -0.05) is 0 Å². The molecule has 0 fully saturated rings. The molecule has 0 spiro atoms. The Morgan fingerprint density at radius 2 is 2.21 bits per heavy atom. The summed E-state index contributed by atoms with van der Waals surface area (Å²) in [6, 6.07) is 4.15. The first-order valence-electron chi connectivity index (χ1n) is 6.66. The SMILES string of the molecule is CCN(Cc1ccco1)c1c(N)c(C)nn1C(C)C. The molecule has 0 bridgehead atoms. The van der Waals surface area contributed by atoms with Gasteiger partial charge in [0.05, 0.1) is 24.2 Å². The predicted molar refractivity (Wildman–Crippen MR) is 77.2 cm³/mol. The third-order valence-corrected chi connectivity index (χ3v) is 3.20. The van der Waals surface area contributed by atoms with Gasteiger partial charge >= 0.3 is 0 Å². The van der Waals surface area contributed by atoms with Crippen molar-refractivity contribution in [1.82, 2.24) is 9.78 Å². The highest BCUT2D eigenvalue weighted by molar-refractivity contribution is 5.66. The van der Waals surface area contributed by atoms with Crippen LogP contribution in [0.4, 0.5) is 11.5 Å². The molecule has 0 aliphatic rings. The lowest BCUT2D eigenvalue weighted by Crippen LogP contribution is -2.26. The van der Waals surface area contributed by atoms with Gasteiger partial charge in [-0.2, -0.15) is 5.10 Å². The Hall–Kier alpha value is -1.91. The van der Waals surface area contributed by atoms with E-state index in [0.717, 1.165) is 29.5 Å². The number of furan rings is 1. The standard InChI is InChI=1S/C14H22N4O/c1-5-17(9-12-7-6-8-19-12)14-13(15)11(4)16-18(14)10(2)3/h6-8,10H,5,9,15H2,1-4H3. The van der Waals surface area contributed by atoms with Crippen LogP contribution in [0.3, 0.4) is 0 Å². The molecule has 0 aliphatic heterocycles. The largest absolute Gasteiger partial charge is 0.467 e. The van der Waals surface area contributed by atoms with Crippen LogP contribution in [0.25, 0.3) is 0 Å². The molecule has 2 aromatic heterocycles. The molecule has 0 amide bonds. The Morgan fingerprint density at radius 3 is 2.74 bits per heavy atom. The van der Waals surface area contributed by atoms with E-state index in [-0.39, 0.29) is 6.04 Å². The molecule has 0 saturated carbocycles. The first kappa shape index (κ1) is 13.5. The van der Waals surface area contributed by atoms with Gasteiger partial charge in [0.2, 0.25) is 0 Å². The van der Waals surface area contributed by atoms with Crippen molar-refractivity contribution in [2.45, 2.75) is 40.3 Å². The first-order chi connectivity index (χ1) is 9.04. The number of aromatic nitrogens is 2. The molecular weight excluding hydrogens is 240 g/mol. The van der Waals surface area contributed by atoms with E-state index in [2.05, 4.69) is 30.8 Å². The van der Waals surface area contributed by atoms with Gasteiger partial charge in [-0.3, -0.25) is 0 Å². The van der Waals surface area contributed by atoms with Crippen LogP contribution in [0, 0.1) is 6.92 Å². The van der Waals surface area contributed by atoms with Crippen LogP contribution >= 0.6 is 0 Å². The average molecular weight is 262 g/mol. The van der Waals surface area contributed by atoms with Gasteiger partial charge in [0.1, 0.15) is 5.76 Å². The summed E-state index contributed by atoms with van der Waals surface area (Å²) in [6.07, 6.45) is 1.69. The Morgan fingerprint density at radius 1 is 1.47 bits per heavy atom. The molecule has 0 saturated heterocycles. The third-order valence-electron chi connectivity index (χ3n) is 3.20. The van der Waals surface area contributed by atoms with Gasteiger partial charge in [-0.25, -0.2) is 4.68 Å². The topological polar surface area (TPSA) is 60.2 Å². The highest BCUT2D eigenvalue weighted by Gasteiger charge is 2.20. The van der Waals surface area contributed by atoms with Crippen LogP contribution < -0.4 is 10.6 Å². The fraction of sp³-hybridized carbons (Fsp3) is 0.500. The maximum Gasteiger partial charge on any atom is 0.151 e. The summed E-state index contributed by atoms with van der Waals surface area (Å²) in [5, 5.41) is 4.53. The van der Waals surface area contributed by atoms with Gasteiger partial charge in [0.25, 0.3) is 0 Å². The van der Waals surface area contributed by atoms with Gasteiger partial charge in [0.15, 0.2) is 5.82 Å². The zero-order valence-corrected chi connectivity index (χ0v) is 12.1. The summed E-state index contributed by atoms with van der Waals surface area (Å²) < 4.78 is 7.41. The minimum Gasteiger partial charge on any atom is -0.467 e. The van der Waals surface area contributed by atoms with Crippen molar-refractivity contribution in [2.75, 3.05) is 17.2 Å². The number of aryl methyl sites for hydroxylation is 1. The van der Waals surface area contributed by atoms with Crippen molar-refractivity contribution in [3.05, 3.63) is 29.9 Å². The lowest BCUT2D eigenvalue weighted by atomic mass is 10.3. The molecule has 2 rings (SSSR count). The van der Waals surface area contributed by atoms with Gasteiger partial charge in [0, 0.05) is 12.6 Å². The highest BCUT2D eigenvalue weighted by atomic mass is 16.3. The van der Waals surface area contributed by atoms with E-state index in [9.17, 15) is 0 Å². The van der Waals surface area contributed by atoms with Crippen LogP contribution in [0.15, 0.2) is 22.8 Å². The van der Waals surface area contributed by atoms with Crippen LogP contribution in [0.2, 0.25) is 0 Å². The Bertz CT molecular complexity index is 528. The van der Waals surface area contributed by atoms with Crippen LogP contribution in [0.5, 0.6) is 0 Å². The van der Waals surface area contributed by atoms with Gasteiger partial charge in [-0.05, 0) is 39.8 Å². The monoisotopic (exact) mass is 262 g/mol. The summed E-state index contributed by atoms with van der Waals surface area (Å²) >= 11 is 0. The fourth-order valence-corrected chi connectivity index (χ4v) is 2.15. The second-order valence-electron chi connectivity index (χ2n) is 4.95. The van der Waals surface area contributed by atoms with E-state index in [1.165, 1.54) is 0 Å². The molecule has 0 aliphatic carbocycles. The van der Waals surface area contributed by atoms with E-state index in [4.69, 9.17) is 10.2 Å². The van der Waals surface area contributed by atoms with E-state index < -0.39 is 0 Å². The van der Waals surface area contributed by atoms with Crippen molar-refractivity contribution in [1.29, 1.82) is 0 Å². The molecule has 104 valence electrons. The van der Waals surface area contributed by atoms with Crippen LogP contribution in [0.1, 0.15) is 38.3 Å². The molecule has 5 nitrogen and oxygen atoms in total. The molecule has 2 N–H and O–H groups in total. The Labute approximate surface area is 114 Å². The number of hydrogen-bond acceptors (Lipinski definition) is 4. The molecule has 0 radical (unpaired) electrons. The van der Waals surface area contributed by atoms with Crippen LogP contribution in [-0.4, -0.2) is 16.3 Å². The molecule has 2 aromatic rings. The number of nitrogens with zero attached hydrogens (tertiary/aromatic N) is 3. The summed E-state index contributed by atoms with van der Waals surface area (Å²) in [6.45, 7) is 9.81. The molecule has 2 heterocycles.